The van der Waals surface area contributed by atoms with E-state index in [4.69, 9.17) is 5.14 Å². The highest BCUT2D eigenvalue weighted by atomic mass is 32.2. The van der Waals surface area contributed by atoms with Crippen molar-refractivity contribution in [3.05, 3.63) is 53.6 Å². The molecule has 2 rings (SSSR count). The first-order valence-corrected chi connectivity index (χ1v) is 8.11. The molecule has 3 N–H and O–H groups in total. The highest BCUT2D eigenvalue weighted by Gasteiger charge is 2.06. The fraction of sp³-hybridized carbons (Fsp3) is 0.286. The monoisotopic (exact) mass is 306 g/mol. The van der Waals surface area contributed by atoms with Crippen molar-refractivity contribution in [2.45, 2.75) is 24.8 Å². The van der Waals surface area contributed by atoms with E-state index in [2.05, 4.69) is 15.3 Å². The zero-order chi connectivity index (χ0) is 15.3. The van der Waals surface area contributed by atoms with Crippen molar-refractivity contribution in [3.63, 3.8) is 0 Å². The molecule has 0 aliphatic heterocycles. The second kappa shape index (κ2) is 6.75. The minimum atomic E-state index is -3.61. The maximum Gasteiger partial charge on any atom is 0.238 e. The van der Waals surface area contributed by atoms with Crippen molar-refractivity contribution in [3.8, 4) is 0 Å². The highest BCUT2D eigenvalue weighted by Crippen LogP contribution is 2.08. The van der Waals surface area contributed by atoms with E-state index >= 15 is 0 Å². The number of hydrogen-bond donors (Lipinski definition) is 2. The summed E-state index contributed by atoms with van der Waals surface area (Å²) in [4.78, 5) is 8.48. The molecule has 0 radical (unpaired) electrons. The lowest BCUT2D eigenvalue weighted by Crippen LogP contribution is -2.18. The fourth-order valence-corrected chi connectivity index (χ4v) is 2.41. The van der Waals surface area contributed by atoms with Crippen LogP contribution in [0.2, 0.25) is 0 Å². The Hall–Kier alpha value is -1.83. The Morgan fingerprint density at radius 3 is 2.52 bits per heavy atom. The van der Waals surface area contributed by atoms with E-state index < -0.39 is 10.0 Å². The number of hydrogen-bond acceptors (Lipinski definition) is 5. The molecule has 0 aliphatic carbocycles. The molecule has 1 aromatic carbocycles. The van der Waals surface area contributed by atoms with Gasteiger partial charge >= 0.3 is 0 Å². The van der Waals surface area contributed by atoms with Crippen LogP contribution in [0.25, 0.3) is 0 Å². The molecule has 1 heterocycles. The number of primary sulfonamides is 1. The summed E-state index contributed by atoms with van der Waals surface area (Å²) in [6, 6.07) is 8.48. The Kier molecular flexibility index (Phi) is 5.00. The number of aryl methyl sites for hydroxylation is 1. The van der Waals surface area contributed by atoms with Gasteiger partial charge in [-0.2, -0.15) is 0 Å². The van der Waals surface area contributed by atoms with Crippen molar-refractivity contribution in [2.75, 3.05) is 6.54 Å². The molecule has 0 bridgehead atoms. The second-order valence-electron chi connectivity index (χ2n) is 4.71. The summed E-state index contributed by atoms with van der Waals surface area (Å²) >= 11 is 0. The quantitative estimate of drug-likeness (QED) is 0.768. The van der Waals surface area contributed by atoms with Crippen molar-refractivity contribution >= 4 is 10.0 Å². The molecular weight excluding hydrogens is 288 g/mol. The van der Waals surface area contributed by atoms with Gasteiger partial charge in [0, 0.05) is 12.7 Å². The van der Waals surface area contributed by atoms with Gasteiger partial charge in [0.2, 0.25) is 10.0 Å². The number of nitrogens with one attached hydrogen (secondary N) is 1. The van der Waals surface area contributed by atoms with Crippen LogP contribution in [0, 0.1) is 6.92 Å². The molecule has 6 nitrogen and oxygen atoms in total. The lowest BCUT2D eigenvalue weighted by Gasteiger charge is -2.06. The van der Waals surface area contributed by atoms with Gasteiger partial charge in [0.25, 0.3) is 0 Å². The van der Waals surface area contributed by atoms with Crippen LogP contribution < -0.4 is 10.5 Å². The Balaban J connectivity index is 1.81. The first-order chi connectivity index (χ1) is 9.95. The van der Waals surface area contributed by atoms with Crippen molar-refractivity contribution in [1.29, 1.82) is 0 Å². The summed E-state index contributed by atoms with van der Waals surface area (Å²) in [5.74, 6) is 0.757. The molecule has 0 fully saturated rings. The van der Waals surface area contributed by atoms with E-state index in [0.717, 1.165) is 30.0 Å². The average molecular weight is 306 g/mol. The van der Waals surface area contributed by atoms with Crippen LogP contribution in [0.4, 0.5) is 0 Å². The van der Waals surface area contributed by atoms with Gasteiger partial charge in [0.05, 0.1) is 10.6 Å². The third-order valence-corrected chi connectivity index (χ3v) is 3.91. The fourth-order valence-electron chi connectivity index (χ4n) is 1.90. The van der Waals surface area contributed by atoms with Gasteiger partial charge in [0.1, 0.15) is 5.82 Å². The van der Waals surface area contributed by atoms with Crippen molar-refractivity contribution in [1.82, 2.24) is 15.3 Å². The van der Waals surface area contributed by atoms with Gasteiger partial charge in [-0.25, -0.2) is 23.5 Å². The molecule has 7 heteroatoms. The minimum absolute atomic E-state index is 0.135. The zero-order valence-electron chi connectivity index (χ0n) is 11.8. The summed E-state index contributed by atoms with van der Waals surface area (Å²) in [6.45, 7) is 3.31. The van der Waals surface area contributed by atoms with E-state index in [1.54, 1.807) is 18.3 Å². The highest BCUT2D eigenvalue weighted by molar-refractivity contribution is 7.89. The molecule has 0 atom stereocenters. The van der Waals surface area contributed by atoms with Crippen LogP contribution in [0.5, 0.6) is 0 Å². The van der Waals surface area contributed by atoms with Crippen LogP contribution in [0.15, 0.2) is 41.4 Å². The van der Waals surface area contributed by atoms with E-state index in [0.29, 0.717) is 6.54 Å². The Bertz CT molecular complexity index is 699. The molecule has 112 valence electrons. The number of nitrogens with two attached hydrogens (primary N) is 1. The largest absolute Gasteiger partial charge is 0.311 e. The van der Waals surface area contributed by atoms with Gasteiger partial charge in [-0.1, -0.05) is 12.1 Å². The SMILES string of the molecule is Cc1nccc(CNCCc2ccc(S(N)(=O)=O)cc2)n1. The zero-order valence-corrected chi connectivity index (χ0v) is 12.6. The van der Waals surface area contributed by atoms with Gasteiger partial charge < -0.3 is 5.32 Å². The molecule has 2 aromatic rings. The Morgan fingerprint density at radius 1 is 1.19 bits per heavy atom. The van der Waals surface area contributed by atoms with Crippen LogP contribution in [-0.2, 0) is 23.0 Å². The van der Waals surface area contributed by atoms with E-state index in [1.807, 2.05) is 13.0 Å². The number of aromatic nitrogens is 2. The van der Waals surface area contributed by atoms with Gasteiger partial charge in [-0.15, -0.1) is 0 Å². The topological polar surface area (TPSA) is 98.0 Å². The maximum absolute atomic E-state index is 11.1. The van der Waals surface area contributed by atoms with Crippen LogP contribution in [0.3, 0.4) is 0 Å². The standard InChI is InChI=1S/C14H18N4O2S/c1-11-17-9-7-13(18-11)10-16-8-6-12-2-4-14(5-3-12)21(15,19)20/h2-5,7,9,16H,6,8,10H2,1H3,(H2,15,19,20). The lowest BCUT2D eigenvalue weighted by atomic mass is 10.1. The predicted molar refractivity (Wildman–Crippen MR) is 80.0 cm³/mol. The summed E-state index contributed by atoms with van der Waals surface area (Å²) in [5, 5.41) is 8.34. The van der Waals surface area contributed by atoms with Crippen LogP contribution in [0.1, 0.15) is 17.1 Å². The first-order valence-electron chi connectivity index (χ1n) is 6.56. The average Bonchev–Trinajstić information content (AvgIpc) is 2.43. The number of sulfonamides is 1. The number of nitrogens with zero attached hydrogens (tertiary/aromatic N) is 2. The second-order valence-corrected chi connectivity index (χ2v) is 6.27. The van der Waals surface area contributed by atoms with Gasteiger partial charge in [-0.3, -0.25) is 0 Å². The number of rotatable bonds is 6. The normalized spacial score (nSPS) is 11.5. The smallest absolute Gasteiger partial charge is 0.238 e. The van der Waals surface area contributed by atoms with Gasteiger partial charge in [0.15, 0.2) is 0 Å². The Labute approximate surface area is 124 Å². The van der Waals surface area contributed by atoms with Gasteiger partial charge in [-0.05, 0) is 43.7 Å². The Morgan fingerprint density at radius 2 is 1.90 bits per heavy atom. The van der Waals surface area contributed by atoms with Crippen molar-refractivity contribution < 1.29 is 8.42 Å². The molecule has 0 spiro atoms. The molecular formula is C14H18N4O2S. The number of benzene rings is 1. The van der Waals surface area contributed by atoms with E-state index in [-0.39, 0.29) is 4.90 Å². The molecule has 21 heavy (non-hydrogen) atoms. The summed E-state index contributed by atoms with van der Waals surface area (Å²) in [5.41, 5.74) is 2.00. The van der Waals surface area contributed by atoms with Crippen molar-refractivity contribution in [2.24, 2.45) is 5.14 Å². The molecule has 0 saturated heterocycles. The summed E-state index contributed by atoms with van der Waals surface area (Å²) < 4.78 is 22.3. The third kappa shape index (κ3) is 4.89. The van der Waals surface area contributed by atoms with E-state index in [1.165, 1.54) is 12.1 Å². The maximum atomic E-state index is 11.1. The first kappa shape index (κ1) is 15.6. The van der Waals surface area contributed by atoms with E-state index in [9.17, 15) is 8.42 Å². The minimum Gasteiger partial charge on any atom is -0.311 e. The molecule has 0 saturated carbocycles. The summed E-state index contributed by atoms with van der Waals surface area (Å²) in [6.07, 6.45) is 2.54. The molecule has 0 amide bonds. The third-order valence-electron chi connectivity index (χ3n) is 2.98. The summed E-state index contributed by atoms with van der Waals surface area (Å²) in [7, 11) is -3.61. The van der Waals surface area contributed by atoms with Crippen LogP contribution >= 0.6 is 0 Å². The molecule has 1 aromatic heterocycles. The lowest BCUT2D eigenvalue weighted by molar-refractivity contribution is 0.597. The van der Waals surface area contributed by atoms with Crippen LogP contribution in [-0.4, -0.2) is 24.9 Å². The molecule has 0 aliphatic rings. The predicted octanol–water partition coefficient (Wildman–Crippen LogP) is 0.765. The molecule has 0 unspecified atom stereocenters.